The maximum absolute atomic E-state index is 13.9. The normalized spacial score (nSPS) is 17.0. The maximum atomic E-state index is 13.9. The lowest BCUT2D eigenvalue weighted by atomic mass is 10.1. The first-order valence-corrected chi connectivity index (χ1v) is 7.41. The summed E-state index contributed by atoms with van der Waals surface area (Å²) in [6.45, 7) is 0.858. The Morgan fingerprint density at radius 2 is 2.22 bits per heavy atom. The fraction of sp³-hybridized carbons (Fsp3) is 0.222. The predicted molar refractivity (Wildman–Crippen MR) is 85.0 cm³/mol. The smallest absolute Gasteiger partial charge is 0.135 e. The number of pyridine rings is 1. The third kappa shape index (κ3) is 3.55. The number of nitriles is 1. The van der Waals surface area contributed by atoms with Crippen molar-refractivity contribution < 1.29 is 9.13 Å². The molecule has 4 nitrogen and oxygen atoms in total. The fourth-order valence-corrected chi connectivity index (χ4v) is 2.49. The van der Waals surface area contributed by atoms with E-state index in [-0.39, 0.29) is 12.8 Å². The van der Waals surface area contributed by atoms with Crippen molar-refractivity contribution in [1.29, 1.82) is 5.26 Å². The van der Waals surface area contributed by atoms with Gasteiger partial charge in [0.25, 0.3) is 0 Å². The second-order valence-electron chi connectivity index (χ2n) is 5.23. The highest BCUT2D eigenvalue weighted by Crippen LogP contribution is 2.22. The first-order chi connectivity index (χ1) is 11.3. The summed E-state index contributed by atoms with van der Waals surface area (Å²) < 4.78 is 19.8. The molecule has 0 spiro atoms. The summed E-state index contributed by atoms with van der Waals surface area (Å²) in [5.74, 6) is 0.418. The summed E-state index contributed by atoms with van der Waals surface area (Å²) in [6, 6.07) is 12.1. The molecule has 3 rings (SSSR count). The van der Waals surface area contributed by atoms with E-state index in [9.17, 15) is 4.39 Å². The molecule has 1 aliphatic rings. The molecule has 2 aromatic rings. The largest absolute Gasteiger partial charge is 0.353 e. The van der Waals surface area contributed by atoms with Crippen LogP contribution in [-0.2, 0) is 11.3 Å². The molecule has 1 aromatic heterocycles. The van der Waals surface area contributed by atoms with E-state index in [1.165, 1.54) is 6.07 Å². The second-order valence-corrected chi connectivity index (χ2v) is 5.23. The number of ether oxygens (including phenoxy) is 1. The van der Waals surface area contributed by atoms with Gasteiger partial charge in [0.1, 0.15) is 17.9 Å². The quantitative estimate of drug-likeness (QED) is 0.812. The van der Waals surface area contributed by atoms with Crippen molar-refractivity contribution in [2.75, 3.05) is 11.4 Å². The van der Waals surface area contributed by atoms with Crippen LogP contribution in [0.4, 0.5) is 10.2 Å². The monoisotopic (exact) mass is 309 g/mol. The lowest BCUT2D eigenvalue weighted by Gasteiger charge is -2.33. The van der Waals surface area contributed by atoms with Crippen LogP contribution in [0.2, 0.25) is 0 Å². The molecule has 2 heterocycles. The SMILES string of the molecule is N#Cc1ccc(COC2CC=CCN2c2ccccn2)c(F)c1. The van der Waals surface area contributed by atoms with Crippen molar-refractivity contribution in [3.8, 4) is 6.07 Å². The molecule has 1 unspecified atom stereocenters. The summed E-state index contributed by atoms with van der Waals surface area (Å²) in [5, 5.41) is 8.78. The third-order valence-electron chi connectivity index (χ3n) is 3.71. The minimum absolute atomic E-state index is 0.152. The molecule has 0 amide bonds. The molecule has 0 saturated heterocycles. The zero-order chi connectivity index (χ0) is 16.1. The molecule has 0 radical (unpaired) electrons. The van der Waals surface area contributed by atoms with Crippen LogP contribution in [0.3, 0.4) is 0 Å². The molecule has 1 aliphatic heterocycles. The van der Waals surface area contributed by atoms with E-state index in [1.54, 1.807) is 18.3 Å². The number of rotatable bonds is 4. The molecule has 1 aromatic carbocycles. The van der Waals surface area contributed by atoms with Crippen LogP contribution in [0.25, 0.3) is 0 Å². The van der Waals surface area contributed by atoms with Gasteiger partial charge in [-0.05, 0) is 24.3 Å². The van der Waals surface area contributed by atoms with Crippen LogP contribution >= 0.6 is 0 Å². The van der Waals surface area contributed by atoms with E-state index in [0.29, 0.717) is 24.1 Å². The predicted octanol–water partition coefficient (Wildman–Crippen LogP) is 3.40. The minimum atomic E-state index is -0.417. The van der Waals surface area contributed by atoms with Gasteiger partial charge in [-0.2, -0.15) is 5.26 Å². The first-order valence-electron chi connectivity index (χ1n) is 7.41. The molecule has 116 valence electrons. The van der Waals surface area contributed by atoms with Crippen LogP contribution in [0, 0.1) is 17.1 Å². The number of anilines is 1. The highest BCUT2D eigenvalue weighted by atomic mass is 19.1. The molecular weight excluding hydrogens is 293 g/mol. The summed E-state index contributed by atoms with van der Waals surface area (Å²) in [7, 11) is 0. The van der Waals surface area contributed by atoms with Crippen molar-refractivity contribution in [3.05, 3.63) is 71.7 Å². The Kier molecular flexibility index (Phi) is 4.65. The molecule has 0 N–H and O–H groups in total. The number of hydrogen-bond donors (Lipinski definition) is 0. The fourth-order valence-electron chi connectivity index (χ4n) is 2.49. The zero-order valence-corrected chi connectivity index (χ0v) is 12.5. The highest BCUT2D eigenvalue weighted by molar-refractivity contribution is 5.40. The van der Waals surface area contributed by atoms with Gasteiger partial charge in [0.15, 0.2) is 0 Å². The van der Waals surface area contributed by atoms with Gasteiger partial charge in [-0.3, -0.25) is 0 Å². The number of nitrogens with zero attached hydrogens (tertiary/aromatic N) is 3. The van der Waals surface area contributed by atoms with Gasteiger partial charge in [-0.1, -0.05) is 24.3 Å². The summed E-state index contributed by atoms with van der Waals surface area (Å²) >= 11 is 0. The van der Waals surface area contributed by atoms with Gasteiger partial charge >= 0.3 is 0 Å². The van der Waals surface area contributed by atoms with Crippen molar-refractivity contribution in [2.24, 2.45) is 0 Å². The topological polar surface area (TPSA) is 49.1 Å². The Balaban J connectivity index is 1.71. The zero-order valence-electron chi connectivity index (χ0n) is 12.5. The molecule has 23 heavy (non-hydrogen) atoms. The van der Waals surface area contributed by atoms with Crippen molar-refractivity contribution in [1.82, 2.24) is 4.98 Å². The molecule has 0 fully saturated rings. The second kappa shape index (κ2) is 7.03. The lowest BCUT2D eigenvalue weighted by molar-refractivity contribution is 0.0375. The Morgan fingerprint density at radius 1 is 1.30 bits per heavy atom. The Bertz CT molecular complexity index is 740. The van der Waals surface area contributed by atoms with E-state index >= 15 is 0 Å². The summed E-state index contributed by atoms with van der Waals surface area (Å²) in [6.07, 6.45) is 6.39. The van der Waals surface area contributed by atoms with Gasteiger partial charge in [0.2, 0.25) is 0 Å². The Labute approximate surface area is 134 Å². The minimum Gasteiger partial charge on any atom is -0.353 e. The average molecular weight is 309 g/mol. The van der Waals surface area contributed by atoms with Gasteiger partial charge < -0.3 is 9.64 Å². The van der Waals surface area contributed by atoms with Crippen molar-refractivity contribution in [2.45, 2.75) is 19.3 Å². The maximum Gasteiger partial charge on any atom is 0.135 e. The lowest BCUT2D eigenvalue weighted by Crippen LogP contribution is -2.39. The van der Waals surface area contributed by atoms with E-state index < -0.39 is 5.82 Å². The van der Waals surface area contributed by atoms with Crippen LogP contribution < -0.4 is 4.90 Å². The van der Waals surface area contributed by atoms with Crippen LogP contribution in [-0.4, -0.2) is 17.8 Å². The van der Waals surface area contributed by atoms with E-state index in [1.807, 2.05) is 29.2 Å². The Morgan fingerprint density at radius 3 is 2.96 bits per heavy atom. The molecule has 1 atom stereocenters. The van der Waals surface area contributed by atoms with Gasteiger partial charge in [-0.25, -0.2) is 9.37 Å². The summed E-state index contributed by atoms with van der Waals surface area (Å²) in [4.78, 5) is 6.39. The van der Waals surface area contributed by atoms with Crippen molar-refractivity contribution >= 4 is 5.82 Å². The first kappa shape index (κ1) is 15.2. The molecule has 5 heteroatoms. The van der Waals surface area contributed by atoms with E-state index in [4.69, 9.17) is 10.00 Å². The molecular formula is C18H16FN3O. The van der Waals surface area contributed by atoms with Crippen molar-refractivity contribution in [3.63, 3.8) is 0 Å². The molecule has 0 aliphatic carbocycles. The average Bonchev–Trinajstić information content (AvgIpc) is 2.61. The third-order valence-corrected chi connectivity index (χ3v) is 3.71. The standard InChI is InChI=1S/C18H16FN3O/c19-16-11-14(12-20)7-8-15(16)13-23-18-6-2-4-10-22(18)17-5-1-3-9-21-17/h1-5,7-9,11,18H,6,10,13H2. The van der Waals surface area contributed by atoms with Gasteiger partial charge in [-0.15, -0.1) is 0 Å². The number of hydrogen-bond acceptors (Lipinski definition) is 4. The number of halogens is 1. The number of aromatic nitrogens is 1. The van der Waals surface area contributed by atoms with Crippen LogP contribution in [0.5, 0.6) is 0 Å². The van der Waals surface area contributed by atoms with Gasteiger partial charge in [0.05, 0.1) is 18.2 Å². The van der Waals surface area contributed by atoms with E-state index in [0.717, 1.165) is 5.82 Å². The highest BCUT2D eigenvalue weighted by Gasteiger charge is 2.21. The summed E-state index contributed by atoms with van der Waals surface area (Å²) in [5.41, 5.74) is 0.751. The van der Waals surface area contributed by atoms with E-state index in [2.05, 4.69) is 17.1 Å². The Hall–Kier alpha value is -2.71. The number of benzene rings is 1. The van der Waals surface area contributed by atoms with Gasteiger partial charge in [0, 0.05) is 24.7 Å². The molecule has 0 bridgehead atoms. The van der Waals surface area contributed by atoms with Crippen LogP contribution in [0.15, 0.2) is 54.7 Å². The molecule has 0 saturated carbocycles. The van der Waals surface area contributed by atoms with Crippen LogP contribution in [0.1, 0.15) is 17.5 Å².